The molecule has 0 spiro atoms. The highest BCUT2D eigenvalue weighted by Gasteiger charge is 2.45. The maximum atomic E-state index is 6.77. The SMILES string of the molecule is c1ccc(-c2cc(-c3ccccc3)nc(-c3cccc(-c4ccc5c(c4)Oc4ccccc4C5(c4ccccc4)c4ccccc4)c3)c2)cc1. The molecule has 0 N–H and O–H groups in total. The highest BCUT2D eigenvalue weighted by molar-refractivity contribution is 5.80. The van der Waals surface area contributed by atoms with Crippen molar-refractivity contribution in [1.82, 2.24) is 4.98 Å². The quantitative estimate of drug-likeness (QED) is 0.181. The smallest absolute Gasteiger partial charge is 0.132 e. The van der Waals surface area contributed by atoms with Crippen LogP contribution < -0.4 is 4.74 Å². The van der Waals surface area contributed by atoms with Crippen LogP contribution in [-0.2, 0) is 5.41 Å². The molecule has 2 heterocycles. The van der Waals surface area contributed by atoms with Crippen molar-refractivity contribution in [2.75, 3.05) is 0 Å². The Kier molecular flexibility index (Phi) is 7.40. The number of nitrogens with zero attached hydrogens (tertiary/aromatic N) is 1. The maximum absolute atomic E-state index is 6.77. The Bertz CT molecular complexity index is 2340. The van der Waals surface area contributed by atoms with Crippen molar-refractivity contribution in [2.24, 2.45) is 0 Å². The van der Waals surface area contributed by atoms with E-state index in [2.05, 4.69) is 194 Å². The molecule has 2 heteroatoms. The minimum Gasteiger partial charge on any atom is -0.457 e. The van der Waals surface area contributed by atoms with Crippen molar-refractivity contribution in [3.05, 3.63) is 222 Å². The fourth-order valence-electron chi connectivity index (χ4n) is 7.48. The van der Waals surface area contributed by atoms with Gasteiger partial charge in [-0.05, 0) is 63.7 Å². The summed E-state index contributed by atoms with van der Waals surface area (Å²) in [6.07, 6.45) is 0. The number of pyridine rings is 1. The molecule has 0 radical (unpaired) electrons. The first-order valence-electron chi connectivity index (χ1n) is 17.0. The van der Waals surface area contributed by atoms with E-state index in [1.165, 1.54) is 11.1 Å². The standard InChI is InChI=1S/C48H33NO/c1-5-16-34(17-6-1)39-31-44(35-18-7-2-8-19-35)49-45(32-39)38-21-15-20-36(30-38)37-28-29-43-47(33-37)50-46-27-14-13-26-42(46)48(43,40-22-9-3-10-23-40)41-24-11-4-12-25-41/h1-33H. The Morgan fingerprint density at radius 2 is 0.820 bits per heavy atom. The van der Waals surface area contributed by atoms with Gasteiger partial charge in [0.1, 0.15) is 11.5 Å². The summed E-state index contributed by atoms with van der Waals surface area (Å²) < 4.78 is 6.77. The molecule has 8 aromatic rings. The average molecular weight is 640 g/mol. The van der Waals surface area contributed by atoms with Crippen LogP contribution in [0.25, 0.3) is 44.8 Å². The van der Waals surface area contributed by atoms with Gasteiger partial charge in [-0.2, -0.15) is 0 Å². The summed E-state index contributed by atoms with van der Waals surface area (Å²) in [5.41, 5.74) is 12.7. The number of rotatable bonds is 6. The molecule has 2 nitrogen and oxygen atoms in total. The molecule has 1 aliphatic rings. The number of hydrogen-bond donors (Lipinski definition) is 0. The minimum absolute atomic E-state index is 0.539. The lowest BCUT2D eigenvalue weighted by atomic mass is 9.63. The van der Waals surface area contributed by atoms with E-state index in [-0.39, 0.29) is 0 Å². The van der Waals surface area contributed by atoms with E-state index in [0.717, 1.165) is 67.4 Å². The van der Waals surface area contributed by atoms with Crippen LogP contribution >= 0.6 is 0 Å². The highest BCUT2D eigenvalue weighted by atomic mass is 16.5. The summed E-state index contributed by atoms with van der Waals surface area (Å²) in [4.78, 5) is 5.19. The monoisotopic (exact) mass is 639 g/mol. The normalized spacial score (nSPS) is 12.7. The van der Waals surface area contributed by atoms with Crippen molar-refractivity contribution < 1.29 is 4.74 Å². The van der Waals surface area contributed by atoms with Crippen molar-refractivity contribution in [1.29, 1.82) is 0 Å². The molecule has 0 amide bonds. The lowest BCUT2D eigenvalue weighted by molar-refractivity contribution is 0.435. The Morgan fingerprint density at radius 1 is 0.320 bits per heavy atom. The molecule has 1 aliphatic heterocycles. The fourth-order valence-corrected chi connectivity index (χ4v) is 7.48. The van der Waals surface area contributed by atoms with Gasteiger partial charge in [-0.25, -0.2) is 4.98 Å². The number of hydrogen-bond acceptors (Lipinski definition) is 2. The minimum atomic E-state index is -0.539. The number of para-hydroxylation sites is 1. The van der Waals surface area contributed by atoms with Gasteiger partial charge in [0, 0.05) is 22.3 Å². The third kappa shape index (κ3) is 5.10. The zero-order chi connectivity index (χ0) is 33.3. The van der Waals surface area contributed by atoms with Crippen molar-refractivity contribution >= 4 is 0 Å². The summed E-state index contributed by atoms with van der Waals surface area (Å²) in [6.45, 7) is 0. The van der Waals surface area contributed by atoms with E-state index in [1.807, 2.05) is 6.07 Å². The third-order valence-electron chi connectivity index (χ3n) is 9.80. The molecule has 0 unspecified atom stereocenters. The second-order valence-corrected chi connectivity index (χ2v) is 12.7. The predicted molar refractivity (Wildman–Crippen MR) is 204 cm³/mol. The van der Waals surface area contributed by atoms with E-state index in [1.54, 1.807) is 0 Å². The van der Waals surface area contributed by atoms with Gasteiger partial charge < -0.3 is 4.74 Å². The van der Waals surface area contributed by atoms with Crippen LogP contribution in [0.2, 0.25) is 0 Å². The summed E-state index contributed by atoms with van der Waals surface area (Å²) in [5, 5.41) is 0. The lowest BCUT2D eigenvalue weighted by Crippen LogP contribution is -2.34. The molecule has 1 aromatic heterocycles. The molecular formula is C48H33NO. The van der Waals surface area contributed by atoms with Gasteiger partial charge in [0.05, 0.1) is 16.8 Å². The second-order valence-electron chi connectivity index (χ2n) is 12.7. The first-order chi connectivity index (χ1) is 24.8. The molecule has 0 atom stereocenters. The highest BCUT2D eigenvalue weighted by Crippen LogP contribution is 2.55. The predicted octanol–water partition coefficient (Wildman–Crippen LogP) is 12.2. The average Bonchev–Trinajstić information content (AvgIpc) is 3.21. The summed E-state index contributed by atoms with van der Waals surface area (Å²) in [5.74, 6) is 1.73. The fraction of sp³-hybridized carbons (Fsp3) is 0.0208. The van der Waals surface area contributed by atoms with Gasteiger partial charge in [-0.1, -0.05) is 170 Å². The second kappa shape index (κ2) is 12.5. The van der Waals surface area contributed by atoms with Gasteiger partial charge in [-0.3, -0.25) is 0 Å². The number of aromatic nitrogens is 1. The van der Waals surface area contributed by atoms with Crippen LogP contribution in [0.1, 0.15) is 22.3 Å². The Labute approximate surface area is 293 Å². The first kappa shape index (κ1) is 29.6. The Morgan fingerprint density at radius 3 is 1.50 bits per heavy atom. The maximum Gasteiger partial charge on any atom is 0.132 e. The molecule has 0 saturated heterocycles. The van der Waals surface area contributed by atoms with E-state index < -0.39 is 5.41 Å². The Balaban J connectivity index is 1.19. The molecular weight excluding hydrogens is 607 g/mol. The number of fused-ring (bicyclic) bond motifs is 2. The number of benzene rings is 7. The van der Waals surface area contributed by atoms with Crippen molar-refractivity contribution in [2.45, 2.75) is 5.41 Å². The molecule has 9 rings (SSSR count). The van der Waals surface area contributed by atoms with Gasteiger partial charge in [0.25, 0.3) is 0 Å². The van der Waals surface area contributed by atoms with E-state index in [4.69, 9.17) is 9.72 Å². The molecule has 0 saturated carbocycles. The topological polar surface area (TPSA) is 22.1 Å². The Hall–Kier alpha value is -6.51. The summed E-state index contributed by atoms with van der Waals surface area (Å²) >= 11 is 0. The molecule has 50 heavy (non-hydrogen) atoms. The van der Waals surface area contributed by atoms with Gasteiger partial charge in [-0.15, -0.1) is 0 Å². The zero-order valence-electron chi connectivity index (χ0n) is 27.4. The molecule has 0 bridgehead atoms. The van der Waals surface area contributed by atoms with Crippen LogP contribution in [0.4, 0.5) is 0 Å². The summed E-state index contributed by atoms with van der Waals surface area (Å²) in [7, 11) is 0. The van der Waals surface area contributed by atoms with Gasteiger partial charge in [0.15, 0.2) is 0 Å². The first-order valence-corrected chi connectivity index (χ1v) is 17.0. The zero-order valence-corrected chi connectivity index (χ0v) is 27.4. The van der Waals surface area contributed by atoms with Crippen LogP contribution in [0.15, 0.2) is 200 Å². The van der Waals surface area contributed by atoms with Crippen LogP contribution in [0.3, 0.4) is 0 Å². The molecule has 0 aliphatic carbocycles. The summed E-state index contributed by atoms with van der Waals surface area (Å²) in [6, 6.07) is 70.7. The molecule has 0 fully saturated rings. The molecule has 236 valence electrons. The third-order valence-corrected chi connectivity index (χ3v) is 9.80. The van der Waals surface area contributed by atoms with Crippen LogP contribution in [-0.4, -0.2) is 4.98 Å². The molecule has 7 aromatic carbocycles. The van der Waals surface area contributed by atoms with E-state index in [0.29, 0.717) is 0 Å². The van der Waals surface area contributed by atoms with Gasteiger partial charge in [0.2, 0.25) is 0 Å². The van der Waals surface area contributed by atoms with Crippen LogP contribution in [0, 0.1) is 0 Å². The van der Waals surface area contributed by atoms with Crippen LogP contribution in [0.5, 0.6) is 11.5 Å². The van der Waals surface area contributed by atoms with E-state index in [9.17, 15) is 0 Å². The largest absolute Gasteiger partial charge is 0.457 e. The number of ether oxygens (including phenoxy) is 1. The lowest BCUT2D eigenvalue weighted by Gasteiger charge is -2.41. The van der Waals surface area contributed by atoms with Crippen molar-refractivity contribution in [3.8, 4) is 56.3 Å². The van der Waals surface area contributed by atoms with Gasteiger partial charge >= 0.3 is 0 Å². The van der Waals surface area contributed by atoms with Crippen molar-refractivity contribution in [3.63, 3.8) is 0 Å². The van der Waals surface area contributed by atoms with E-state index >= 15 is 0 Å².